The Bertz CT molecular complexity index is 351. The fourth-order valence-corrected chi connectivity index (χ4v) is 1.82. The third-order valence-electron chi connectivity index (χ3n) is 1.60. The summed E-state index contributed by atoms with van der Waals surface area (Å²) in [5, 5.41) is 4.75. The van der Waals surface area contributed by atoms with Gasteiger partial charge in [-0.1, -0.05) is 13.8 Å². The van der Waals surface area contributed by atoms with Gasteiger partial charge in [0.05, 0.1) is 0 Å². The van der Waals surface area contributed by atoms with E-state index in [2.05, 4.69) is 17.3 Å². The number of pyridine rings is 1. The summed E-state index contributed by atoms with van der Waals surface area (Å²) in [4.78, 5) is 5.40. The fourth-order valence-electron chi connectivity index (χ4n) is 1.02. The average Bonchev–Trinajstić information content (AvgIpc) is 2.53. The second-order valence-electron chi connectivity index (χ2n) is 2.25. The van der Waals surface area contributed by atoms with Crippen molar-refractivity contribution in [1.29, 1.82) is 0 Å². The molecule has 0 spiro atoms. The highest BCUT2D eigenvalue weighted by Gasteiger charge is 1.96. The number of fused-ring (bicyclic) bond motifs is 1. The first-order chi connectivity index (χ1) is 5.88. The van der Waals surface area contributed by atoms with Gasteiger partial charge >= 0.3 is 0 Å². The first-order valence-electron chi connectivity index (χ1n) is 4.16. The van der Waals surface area contributed by atoms with Crippen LogP contribution in [0.2, 0.25) is 0 Å². The monoisotopic (exact) mass is 179 g/mol. The molecule has 12 heavy (non-hydrogen) atoms. The molecule has 0 aliphatic heterocycles. The van der Waals surface area contributed by atoms with E-state index in [1.807, 2.05) is 32.3 Å². The van der Waals surface area contributed by atoms with Crippen molar-refractivity contribution >= 4 is 22.1 Å². The molecule has 0 saturated heterocycles. The Morgan fingerprint density at radius 3 is 2.75 bits per heavy atom. The molecular weight excluding hydrogens is 166 g/mol. The third-order valence-corrected chi connectivity index (χ3v) is 2.54. The Hall–Kier alpha value is -0.890. The van der Waals surface area contributed by atoms with E-state index in [4.69, 9.17) is 0 Å². The lowest BCUT2D eigenvalue weighted by Crippen LogP contribution is -1.68. The van der Waals surface area contributed by atoms with Gasteiger partial charge in [0.1, 0.15) is 0 Å². The number of nitrogens with zero attached hydrogens (tertiary/aromatic N) is 1. The summed E-state index contributed by atoms with van der Waals surface area (Å²) in [5.74, 6) is 0. The number of hydrogen-bond acceptors (Lipinski definition) is 2. The Morgan fingerprint density at radius 1 is 1.33 bits per heavy atom. The molecule has 0 fully saturated rings. The molecule has 0 aromatic carbocycles. The van der Waals surface area contributed by atoms with Gasteiger partial charge in [0.2, 0.25) is 0 Å². The van der Waals surface area contributed by atoms with Crippen molar-refractivity contribution in [2.75, 3.05) is 0 Å². The van der Waals surface area contributed by atoms with E-state index < -0.39 is 0 Å². The van der Waals surface area contributed by atoms with E-state index in [0.29, 0.717) is 0 Å². The molecule has 0 bridgehead atoms. The summed E-state index contributed by atoms with van der Waals surface area (Å²) in [6.45, 7) is 6.12. The van der Waals surface area contributed by atoms with Crippen LogP contribution in [-0.2, 0) is 0 Å². The van der Waals surface area contributed by atoms with Gasteiger partial charge in [-0.25, -0.2) is 0 Å². The maximum atomic E-state index is 4.05. The van der Waals surface area contributed by atoms with Crippen molar-refractivity contribution in [3.8, 4) is 0 Å². The minimum atomic E-state index is 1.28. The highest BCUT2D eigenvalue weighted by atomic mass is 32.1. The summed E-state index contributed by atoms with van der Waals surface area (Å²) in [6.07, 6.45) is 3.75. The molecule has 2 heteroatoms. The molecule has 64 valence electrons. The molecule has 0 unspecified atom stereocenters. The molecule has 2 aromatic rings. The number of aromatic nitrogens is 1. The fraction of sp³-hybridized carbons (Fsp3) is 0.300. The average molecular weight is 179 g/mol. The summed E-state index contributed by atoms with van der Waals surface area (Å²) in [5.41, 5.74) is 0. The van der Waals surface area contributed by atoms with Gasteiger partial charge in [0, 0.05) is 22.7 Å². The van der Waals surface area contributed by atoms with Crippen LogP contribution in [0.3, 0.4) is 0 Å². The number of thiophene rings is 1. The molecule has 0 saturated carbocycles. The summed E-state index contributed by atoms with van der Waals surface area (Å²) >= 11 is 1.78. The summed E-state index contributed by atoms with van der Waals surface area (Å²) < 4.78 is 0. The molecule has 0 aliphatic carbocycles. The van der Waals surface area contributed by atoms with Gasteiger partial charge in [-0.3, -0.25) is 4.98 Å². The quantitative estimate of drug-likeness (QED) is 0.601. The van der Waals surface area contributed by atoms with Gasteiger partial charge in [0.25, 0.3) is 0 Å². The lowest BCUT2D eigenvalue weighted by atomic mass is 10.2. The van der Waals surface area contributed by atoms with Crippen LogP contribution >= 0.6 is 11.3 Å². The van der Waals surface area contributed by atoms with Crippen molar-refractivity contribution in [2.24, 2.45) is 0 Å². The zero-order chi connectivity index (χ0) is 8.97. The minimum absolute atomic E-state index is 1.28. The van der Waals surface area contributed by atoms with E-state index in [1.54, 1.807) is 11.3 Å². The highest BCUT2D eigenvalue weighted by molar-refractivity contribution is 7.11. The van der Waals surface area contributed by atoms with Crippen LogP contribution in [0.25, 0.3) is 10.8 Å². The Labute approximate surface area is 77.1 Å². The minimum Gasteiger partial charge on any atom is -0.264 e. The van der Waals surface area contributed by atoms with Crippen LogP contribution < -0.4 is 0 Å². The zero-order valence-corrected chi connectivity index (χ0v) is 8.48. The number of hydrogen-bond donors (Lipinski definition) is 0. The maximum absolute atomic E-state index is 4.05. The largest absolute Gasteiger partial charge is 0.264 e. The second-order valence-corrected chi connectivity index (χ2v) is 3.34. The molecular formula is C10H13NS. The van der Waals surface area contributed by atoms with Gasteiger partial charge in [-0.2, -0.15) is 0 Å². The highest BCUT2D eigenvalue weighted by Crippen LogP contribution is 2.22. The lowest BCUT2D eigenvalue weighted by molar-refractivity contribution is 1.36. The Morgan fingerprint density at radius 2 is 2.08 bits per heavy atom. The first kappa shape index (κ1) is 9.20. The van der Waals surface area contributed by atoms with Crippen LogP contribution in [0.4, 0.5) is 0 Å². The molecule has 0 atom stereocenters. The Kier molecular flexibility index (Phi) is 3.23. The first-order valence-corrected chi connectivity index (χ1v) is 5.04. The molecule has 2 heterocycles. The van der Waals surface area contributed by atoms with E-state index in [0.717, 1.165) is 0 Å². The number of rotatable bonds is 0. The topological polar surface area (TPSA) is 12.9 Å². The van der Waals surface area contributed by atoms with Crippen LogP contribution in [-0.4, -0.2) is 4.98 Å². The van der Waals surface area contributed by atoms with Gasteiger partial charge in [0.15, 0.2) is 0 Å². The smallest absolute Gasteiger partial charge is 0.0357 e. The summed E-state index contributed by atoms with van der Waals surface area (Å²) in [7, 11) is 0. The lowest BCUT2D eigenvalue weighted by Gasteiger charge is -1.86. The van der Waals surface area contributed by atoms with E-state index in [1.165, 1.54) is 15.6 Å². The predicted octanol–water partition coefficient (Wildman–Crippen LogP) is 3.63. The molecule has 0 amide bonds. The van der Waals surface area contributed by atoms with Crippen LogP contribution in [0.15, 0.2) is 23.8 Å². The molecule has 0 N–H and O–H groups in total. The molecule has 0 aliphatic rings. The molecule has 2 rings (SSSR count). The standard InChI is InChI=1S/C8H7NS.C2H6/c1-6-8-4-9-3-2-7(8)5-10-6;1-2/h2-5H,1H3;1-2H3. The normalized spacial score (nSPS) is 9.25. The van der Waals surface area contributed by atoms with Gasteiger partial charge in [-0.05, 0) is 23.8 Å². The predicted molar refractivity (Wildman–Crippen MR) is 55.7 cm³/mol. The molecule has 1 nitrogen and oxygen atoms in total. The van der Waals surface area contributed by atoms with Crippen molar-refractivity contribution < 1.29 is 0 Å². The second kappa shape index (κ2) is 4.21. The summed E-state index contributed by atoms with van der Waals surface area (Å²) in [6, 6.07) is 2.04. The van der Waals surface area contributed by atoms with E-state index in [9.17, 15) is 0 Å². The SMILES string of the molecule is CC.Cc1scc2ccncc12. The third kappa shape index (κ3) is 1.64. The Balaban J connectivity index is 0.000000336. The van der Waals surface area contributed by atoms with Gasteiger partial charge < -0.3 is 0 Å². The van der Waals surface area contributed by atoms with E-state index >= 15 is 0 Å². The van der Waals surface area contributed by atoms with Crippen LogP contribution in [0, 0.1) is 6.92 Å². The van der Waals surface area contributed by atoms with Crippen LogP contribution in [0.5, 0.6) is 0 Å². The zero-order valence-electron chi connectivity index (χ0n) is 7.66. The maximum Gasteiger partial charge on any atom is 0.0357 e. The van der Waals surface area contributed by atoms with Gasteiger partial charge in [-0.15, -0.1) is 11.3 Å². The van der Waals surface area contributed by atoms with Crippen molar-refractivity contribution in [3.63, 3.8) is 0 Å². The number of aryl methyl sites for hydroxylation is 1. The van der Waals surface area contributed by atoms with E-state index in [-0.39, 0.29) is 0 Å². The van der Waals surface area contributed by atoms with Crippen LogP contribution in [0.1, 0.15) is 18.7 Å². The molecule has 2 aromatic heterocycles. The van der Waals surface area contributed by atoms with Crippen molar-refractivity contribution in [2.45, 2.75) is 20.8 Å². The van der Waals surface area contributed by atoms with Crippen molar-refractivity contribution in [1.82, 2.24) is 4.98 Å². The van der Waals surface area contributed by atoms with Crippen molar-refractivity contribution in [3.05, 3.63) is 28.7 Å². The molecule has 0 radical (unpaired) electrons.